The minimum Gasteiger partial charge on any atom is -0.460 e. The zero-order valence-corrected chi connectivity index (χ0v) is 20.5. The molecule has 2 aromatic carbocycles. The zero-order valence-electron chi connectivity index (χ0n) is 19.8. The van der Waals surface area contributed by atoms with E-state index >= 15 is 0 Å². The van der Waals surface area contributed by atoms with Crippen molar-refractivity contribution in [2.24, 2.45) is 17.8 Å². The van der Waals surface area contributed by atoms with Gasteiger partial charge in [-0.3, -0.25) is 0 Å². The van der Waals surface area contributed by atoms with Crippen LogP contribution in [0.4, 0.5) is 0 Å². The van der Waals surface area contributed by atoms with Crippen LogP contribution in [0.5, 0.6) is 0 Å². The van der Waals surface area contributed by atoms with E-state index in [0.29, 0.717) is 44.9 Å². The Morgan fingerprint density at radius 1 is 1.09 bits per heavy atom. The summed E-state index contributed by atoms with van der Waals surface area (Å²) in [5.74, 6) is 0.201. The van der Waals surface area contributed by atoms with E-state index in [1.54, 1.807) is 18.2 Å². The van der Waals surface area contributed by atoms with Crippen molar-refractivity contribution in [3.8, 4) is 11.3 Å². The molecule has 0 radical (unpaired) electrons. The predicted molar refractivity (Wildman–Crippen MR) is 134 cm³/mol. The lowest BCUT2D eigenvalue weighted by atomic mass is 9.75. The van der Waals surface area contributed by atoms with E-state index in [-0.39, 0.29) is 6.10 Å². The zero-order chi connectivity index (χ0) is 24.2. The summed E-state index contributed by atoms with van der Waals surface area (Å²) in [6.07, 6.45) is 2.92. The quantitative estimate of drug-likeness (QED) is 0.367. The highest BCUT2D eigenvalue weighted by atomic mass is 35.5. The van der Waals surface area contributed by atoms with Gasteiger partial charge in [0.2, 0.25) is 0 Å². The molecule has 1 aromatic heterocycles. The van der Waals surface area contributed by atoms with Gasteiger partial charge in [-0.15, -0.1) is 0 Å². The standard InChI is InChI=1S/C28H30ClNO4/c1-17(2)21-13-8-18(3)14-26(21)34-27(31)16-33-28(32)23-15-25(19-9-11-20(29)12-10-19)30-24-7-5-4-6-22(23)24/h4-7,9-12,15,17-18,21,26H,8,13-14,16H2,1-3H3/t18-,21+,26+/m0/s1. The summed E-state index contributed by atoms with van der Waals surface area (Å²) in [5.41, 5.74) is 2.48. The number of rotatable bonds is 6. The van der Waals surface area contributed by atoms with Crippen molar-refractivity contribution in [2.75, 3.05) is 6.61 Å². The highest BCUT2D eigenvalue weighted by Crippen LogP contribution is 2.35. The lowest BCUT2D eigenvalue weighted by Gasteiger charge is -2.36. The van der Waals surface area contributed by atoms with E-state index in [9.17, 15) is 9.59 Å². The number of pyridine rings is 1. The number of fused-ring (bicyclic) bond motifs is 1. The smallest absolute Gasteiger partial charge is 0.344 e. The summed E-state index contributed by atoms with van der Waals surface area (Å²) < 4.78 is 11.2. The molecule has 5 nitrogen and oxygen atoms in total. The van der Waals surface area contributed by atoms with Gasteiger partial charge in [-0.25, -0.2) is 14.6 Å². The fourth-order valence-electron chi connectivity index (χ4n) is 4.77. The van der Waals surface area contributed by atoms with Crippen molar-refractivity contribution in [2.45, 2.75) is 46.1 Å². The van der Waals surface area contributed by atoms with Crippen LogP contribution in [0.2, 0.25) is 5.02 Å². The van der Waals surface area contributed by atoms with E-state index in [1.165, 1.54) is 0 Å². The Morgan fingerprint density at radius 3 is 2.56 bits per heavy atom. The second kappa shape index (κ2) is 10.6. The molecule has 0 aliphatic heterocycles. The van der Waals surface area contributed by atoms with Gasteiger partial charge in [0.05, 0.1) is 16.8 Å². The molecule has 0 amide bonds. The van der Waals surface area contributed by atoms with Gasteiger partial charge in [0.15, 0.2) is 6.61 Å². The van der Waals surface area contributed by atoms with Crippen molar-refractivity contribution < 1.29 is 19.1 Å². The monoisotopic (exact) mass is 479 g/mol. The number of para-hydroxylation sites is 1. The Balaban J connectivity index is 1.50. The molecular weight excluding hydrogens is 450 g/mol. The molecule has 1 aliphatic rings. The third-order valence-corrected chi connectivity index (χ3v) is 6.89. The predicted octanol–water partition coefficient (Wildman–Crippen LogP) is 6.72. The number of nitrogens with zero attached hydrogens (tertiary/aromatic N) is 1. The number of benzene rings is 2. The topological polar surface area (TPSA) is 65.5 Å². The summed E-state index contributed by atoms with van der Waals surface area (Å²) in [4.78, 5) is 30.3. The van der Waals surface area contributed by atoms with Gasteiger partial charge in [-0.1, -0.05) is 69.1 Å². The fraction of sp³-hybridized carbons (Fsp3) is 0.393. The first-order valence-electron chi connectivity index (χ1n) is 11.8. The Hall–Kier alpha value is -2.92. The van der Waals surface area contributed by atoms with E-state index in [0.717, 1.165) is 24.8 Å². The molecule has 1 fully saturated rings. The van der Waals surface area contributed by atoms with Crippen LogP contribution in [0.3, 0.4) is 0 Å². The SMILES string of the molecule is CC(C)[C@H]1CC[C@H](C)C[C@H]1OC(=O)COC(=O)c1cc(-c2ccc(Cl)cc2)nc2ccccc12. The molecule has 0 bridgehead atoms. The molecular formula is C28H30ClNO4. The van der Waals surface area contributed by atoms with Gasteiger partial charge >= 0.3 is 11.9 Å². The maximum Gasteiger partial charge on any atom is 0.344 e. The van der Waals surface area contributed by atoms with E-state index in [2.05, 4.69) is 25.8 Å². The highest BCUT2D eigenvalue weighted by Gasteiger charge is 2.33. The van der Waals surface area contributed by atoms with Gasteiger partial charge in [0.25, 0.3) is 0 Å². The minimum atomic E-state index is -0.580. The van der Waals surface area contributed by atoms with Crippen molar-refractivity contribution >= 4 is 34.4 Å². The van der Waals surface area contributed by atoms with Gasteiger partial charge in [-0.05, 0) is 54.9 Å². The third-order valence-electron chi connectivity index (χ3n) is 6.64. The molecule has 1 heterocycles. The first-order valence-corrected chi connectivity index (χ1v) is 12.2. The number of halogens is 1. The highest BCUT2D eigenvalue weighted by molar-refractivity contribution is 6.30. The number of esters is 2. The maximum atomic E-state index is 13.0. The number of hydrogen-bond donors (Lipinski definition) is 0. The molecule has 6 heteroatoms. The van der Waals surface area contributed by atoms with Crippen LogP contribution in [0.1, 0.15) is 50.4 Å². The van der Waals surface area contributed by atoms with Crippen LogP contribution in [-0.4, -0.2) is 29.6 Å². The summed E-state index contributed by atoms with van der Waals surface area (Å²) in [7, 11) is 0. The average Bonchev–Trinajstić information content (AvgIpc) is 2.82. The summed E-state index contributed by atoms with van der Waals surface area (Å²) in [6, 6.07) is 16.3. The number of ether oxygens (including phenoxy) is 2. The molecule has 3 aromatic rings. The van der Waals surface area contributed by atoms with Gasteiger partial charge in [0.1, 0.15) is 6.10 Å². The lowest BCUT2D eigenvalue weighted by Crippen LogP contribution is -2.36. The molecule has 178 valence electrons. The Bertz CT molecular complexity index is 1170. The molecule has 1 saturated carbocycles. The van der Waals surface area contributed by atoms with Crippen molar-refractivity contribution in [3.05, 3.63) is 65.2 Å². The number of carbonyl (C=O) groups excluding carboxylic acids is 2. The molecule has 0 spiro atoms. The van der Waals surface area contributed by atoms with Crippen LogP contribution < -0.4 is 0 Å². The molecule has 0 saturated heterocycles. The molecule has 1 aliphatic carbocycles. The van der Waals surface area contributed by atoms with Crippen LogP contribution in [0, 0.1) is 17.8 Å². The second-order valence-electron chi connectivity index (χ2n) is 9.51. The second-order valence-corrected chi connectivity index (χ2v) is 9.95. The summed E-state index contributed by atoms with van der Waals surface area (Å²) in [6.45, 7) is 6.09. The van der Waals surface area contributed by atoms with E-state index in [1.807, 2.05) is 36.4 Å². The number of hydrogen-bond acceptors (Lipinski definition) is 5. The average molecular weight is 480 g/mol. The normalized spacial score (nSPS) is 20.3. The number of carbonyl (C=O) groups is 2. The molecule has 0 unspecified atom stereocenters. The van der Waals surface area contributed by atoms with Crippen LogP contribution in [-0.2, 0) is 14.3 Å². The van der Waals surface area contributed by atoms with E-state index in [4.69, 9.17) is 21.1 Å². The first kappa shape index (κ1) is 24.2. The molecule has 34 heavy (non-hydrogen) atoms. The van der Waals surface area contributed by atoms with Crippen LogP contribution >= 0.6 is 11.6 Å². The largest absolute Gasteiger partial charge is 0.460 e. The minimum absolute atomic E-state index is 0.131. The lowest BCUT2D eigenvalue weighted by molar-refractivity contribution is -0.159. The fourth-order valence-corrected chi connectivity index (χ4v) is 4.89. The van der Waals surface area contributed by atoms with E-state index < -0.39 is 18.5 Å². The Kier molecular flexibility index (Phi) is 7.52. The summed E-state index contributed by atoms with van der Waals surface area (Å²) in [5, 5.41) is 1.29. The van der Waals surface area contributed by atoms with Gasteiger partial charge in [0, 0.05) is 16.0 Å². The molecule has 3 atom stereocenters. The molecule has 4 rings (SSSR count). The first-order chi connectivity index (χ1) is 16.3. The Morgan fingerprint density at radius 2 is 1.82 bits per heavy atom. The van der Waals surface area contributed by atoms with Gasteiger partial charge in [-0.2, -0.15) is 0 Å². The van der Waals surface area contributed by atoms with Crippen molar-refractivity contribution in [1.82, 2.24) is 4.98 Å². The van der Waals surface area contributed by atoms with Crippen molar-refractivity contribution in [3.63, 3.8) is 0 Å². The van der Waals surface area contributed by atoms with Crippen LogP contribution in [0.15, 0.2) is 54.6 Å². The molecule has 0 N–H and O–H groups in total. The number of aromatic nitrogens is 1. The van der Waals surface area contributed by atoms with Crippen molar-refractivity contribution in [1.29, 1.82) is 0 Å². The Labute approximate surface area is 205 Å². The maximum absolute atomic E-state index is 13.0. The van der Waals surface area contributed by atoms with Crippen LogP contribution in [0.25, 0.3) is 22.2 Å². The third kappa shape index (κ3) is 5.58. The summed E-state index contributed by atoms with van der Waals surface area (Å²) >= 11 is 6.01. The van der Waals surface area contributed by atoms with Gasteiger partial charge < -0.3 is 9.47 Å².